The number of pyridine rings is 1. The highest BCUT2D eigenvalue weighted by molar-refractivity contribution is 9.10. The first kappa shape index (κ1) is 14.4. The van der Waals surface area contributed by atoms with Crippen molar-refractivity contribution in [1.82, 2.24) is 4.98 Å². The van der Waals surface area contributed by atoms with E-state index in [0.29, 0.717) is 17.5 Å². The van der Waals surface area contributed by atoms with Gasteiger partial charge in [-0.2, -0.15) is 0 Å². The second-order valence-electron chi connectivity index (χ2n) is 4.92. The molecule has 3 rings (SSSR count). The first-order valence-corrected chi connectivity index (χ1v) is 7.69. The van der Waals surface area contributed by atoms with Gasteiger partial charge in [0.2, 0.25) is 0 Å². The molecule has 4 nitrogen and oxygen atoms in total. The lowest BCUT2D eigenvalue weighted by Gasteiger charge is -2.27. The number of nitrogens with two attached hydrogens (primary N) is 1. The molecule has 1 aliphatic rings. The Kier molecular flexibility index (Phi) is 3.87. The molecule has 1 aliphatic heterocycles. The monoisotopic (exact) mass is 364 g/mol. The molecule has 108 valence electrons. The third-order valence-corrected chi connectivity index (χ3v) is 4.82. The SMILES string of the molecule is Cc1ccncc1C1CN=C(N)N1c1ccc(Cl)c(Br)c1. The van der Waals surface area contributed by atoms with Gasteiger partial charge in [0.05, 0.1) is 17.6 Å². The molecule has 2 aromatic rings. The Morgan fingerprint density at radius 1 is 1.38 bits per heavy atom. The third-order valence-electron chi connectivity index (χ3n) is 3.60. The van der Waals surface area contributed by atoms with Crippen LogP contribution >= 0.6 is 27.5 Å². The van der Waals surface area contributed by atoms with Gasteiger partial charge >= 0.3 is 0 Å². The highest BCUT2D eigenvalue weighted by atomic mass is 79.9. The van der Waals surface area contributed by atoms with Crippen LogP contribution in [0.15, 0.2) is 46.1 Å². The average molecular weight is 366 g/mol. The summed E-state index contributed by atoms with van der Waals surface area (Å²) in [6.07, 6.45) is 3.67. The van der Waals surface area contributed by atoms with Crippen LogP contribution in [-0.2, 0) is 0 Å². The fourth-order valence-corrected chi connectivity index (χ4v) is 2.99. The first-order chi connectivity index (χ1) is 10.1. The van der Waals surface area contributed by atoms with Crippen LogP contribution in [0.25, 0.3) is 0 Å². The smallest absolute Gasteiger partial charge is 0.196 e. The van der Waals surface area contributed by atoms with Crippen molar-refractivity contribution in [2.75, 3.05) is 11.4 Å². The number of halogens is 2. The fraction of sp³-hybridized carbons (Fsp3) is 0.200. The van der Waals surface area contributed by atoms with Gasteiger partial charge in [-0.3, -0.25) is 9.98 Å². The van der Waals surface area contributed by atoms with Crippen molar-refractivity contribution >= 4 is 39.2 Å². The number of aromatic nitrogens is 1. The van der Waals surface area contributed by atoms with Crippen LogP contribution in [0.3, 0.4) is 0 Å². The van der Waals surface area contributed by atoms with Gasteiger partial charge in [-0.05, 0) is 58.2 Å². The van der Waals surface area contributed by atoms with Crippen molar-refractivity contribution in [3.05, 3.63) is 57.3 Å². The highest BCUT2D eigenvalue weighted by Crippen LogP contribution is 2.35. The summed E-state index contributed by atoms with van der Waals surface area (Å²) >= 11 is 9.52. The zero-order valence-electron chi connectivity index (χ0n) is 11.4. The molecule has 0 aliphatic carbocycles. The van der Waals surface area contributed by atoms with E-state index in [1.165, 1.54) is 5.56 Å². The van der Waals surface area contributed by atoms with Gasteiger partial charge in [0, 0.05) is 22.6 Å². The molecule has 0 spiro atoms. The molecule has 0 bridgehead atoms. The molecule has 0 amide bonds. The number of guanidine groups is 1. The topological polar surface area (TPSA) is 54.5 Å². The Labute approximate surface area is 136 Å². The molecule has 2 heterocycles. The number of hydrogen-bond acceptors (Lipinski definition) is 4. The van der Waals surface area contributed by atoms with E-state index in [-0.39, 0.29) is 6.04 Å². The minimum absolute atomic E-state index is 0.0618. The van der Waals surface area contributed by atoms with Crippen LogP contribution < -0.4 is 10.6 Å². The Morgan fingerprint density at radius 3 is 2.90 bits per heavy atom. The van der Waals surface area contributed by atoms with Gasteiger partial charge in [0.25, 0.3) is 0 Å². The van der Waals surface area contributed by atoms with Crippen LogP contribution in [0.4, 0.5) is 5.69 Å². The van der Waals surface area contributed by atoms with Crippen molar-refractivity contribution < 1.29 is 0 Å². The number of anilines is 1. The summed E-state index contributed by atoms with van der Waals surface area (Å²) in [4.78, 5) is 10.6. The van der Waals surface area contributed by atoms with Crippen molar-refractivity contribution in [2.24, 2.45) is 10.7 Å². The number of rotatable bonds is 2. The maximum atomic E-state index is 6.08. The Hall–Kier alpha value is -1.59. The van der Waals surface area contributed by atoms with Crippen LogP contribution in [-0.4, -0.2) is 17.5 Å². The molecule has 21 heavy (non-hydrogen) atoms. The van der Waals surface area contributed by atoms with Gasteiger partial charge < -0.3 is 10.6 Å². The zero-order chi connectivity index (χ0) is 15.0. The summed E-state index contributed by atoms with van der Waals surface area (Å²) in [6, 6.07) is 7.81. The molecule has 1 aromatic carbocycles. The Balaban J connectivity index is 2.03. The van der Waals surface area contributed by atoms with E-state index < -0.39 is 0 Å². The van der Waals surface area contributed by atoms with Crippen molar-refractivity contribution in [3.8, 4) is 0 Å². The molecule has 0 saturated carbocycles. The minimum Gasteiger partial charge on any atom is -0.369 e. The largest absolute Gasteiger partial charge is 0.369 e. The van der Waals surface area contributed by atoms with Crippen molar-refractivity contribution in [3.63, 3.8) is 0 Å². The molecule has 1 atom stereocenters. The third kappa shape index (κ3) is 2.63. The van der Waals surface area contributed by atoms with Crippen LogP contribution in [0.1, 0.15) is 17.2 Å². The molecule has 2 N–H and O–H groups in total. The lowest BCUT2D eigenvalue weighted by molar-refractivity contribution is 0.757. The molecule has 0 fully saturated rings. The molecule has 1 aromatic heterocycles. The predicted octanol–water partition coefficient (Wildman–Crippen LogP) is 3.68. The normalized spacial score (nSPS) is 18.0. The predicted molar refractivity (Wildman–Crippen MR) is 89.8 cm³/mol. The summed E-state index contributed by atoms with van der Waals surface area (Å²) in [5, 5.41) is 0.669. The quantitative estimate of drug-likeness (QED) is 0.883. The van der Waals surface area contributed by atoms with Crippen LogP contribution in [0.2, 0.25) is 5.02 Å². The van der Waals surface area contributed by atoms with Gasteiger partial charge in [0.1, 0.15) is 0 Å². The molecule has 0 radical (unpaired) electrons. The maximum absolute atomic E-state index is 6.08. The van der Waals surface area contributed by atoms with E-state index in [4.69, 9.17) is 17.3 Å². The highest BCUT2D eigenvalue weighted by Gasteiger charge is 2.30. The molecular weight excluding hydrogens is 352 g/mol. The minimum atomic E-state index is 0.0618. The number of benzene rings is 1. The van der Waals surface area contributed by atoms with Crippen molar-refractivity contribution in [2.45, 2.75) is 13.0 Å². The standard InChI is InChI=1S/C15H14BrClN4/c1-9-4-5-19-7-11(9)14-8-20-15(18)21(14)10-2-3-13(17)12(16)6-10/h2-7,14H,8H2,1H3,(H2,18,20). The number of hydrogen-bond donors (Lipinski definition) is 1. The van der Waals surface area contributed by atoms with Gasteiger partial charge in [-0.25, -0.2) is 0 Å². The van der Waals surface area contributed by atoms with E-state index in [1.54, 1.807) is 6.20 Å². The first-order valence-electron chi connectivity index (χ1n) is 6.52. The second kappa shape index (κ2) is 5.66. The maximum Gasteiger partial charge on any atom is 0.196 e. The summed E-state index contributed by atoms with van der Waals surface area (Å²) in [5.74, 6) is 0.512. The summed E-state index contributed by atoms with van der Waals surface area (Å²) in [5.41, 5.74) is 9.35. The van der Waals surface area contributed by atoms with E-state index in [1.807, 2.05) is 35.4 Å². The van der Waals surface area contributed by atoms with Gasteiger partial charge in [0.15, 0.2) is 5.96 Å². The van der Waals surface area contributed by atoms with Crippen LogP contribution in [0.5, 0.6) is 0 Å². The summed E-state index contributed by atoms with van der Waals surface area (Å²) in [7, 11) is 0. The van der Waals surface area contributed by atoms with E-state index in [2.05, 4.69) is 32.8 Å². The van der Waals surface area contributed by atoms with E-state index in [0.717, 1.165) is 15.7 Å². The molecule has 6 heteroatoms. The molecule has 0 saturated heterocycles. The van der Waals surface area contributed by atoms with Gasteiger partial charge in [-0.1, -0.05) is 11.6 Å². The van der Waals surface area contributed by atoms with Crippen molar-refractivity contribution in [1.29, 1.82) is 0 Å². The van der Waals surface area contributed by atoms with E-state index in [9.17, 15) is 0 Å². The Morgan fingerprint density at radius 2 is 2.19 bits per heavy atom. The second-order valence-corrected chi connectivity index (χ2v) is 6.18. The van der Waals surface area contributed by atoms with E-state index >= 15 is 0 Å². The summed E-state index contributed by atoms with van der Waals surface area (Å²) < 4.78 is 0.836. The molecule has 1 unspecified atom stereocenters. The lowest BCUT2D eigenvalue weighted by atomic mass is 10.0. The van der Waals surface area contributed by atoms with Gasteiger partial charge in [-0.15, -0.1) is 0 Å². The lowest BCUT2D eigenvalue weighted by Crippen LogP contribution is -2.36. The zero-order valence-corrected chi connectivity index (χ0v) is 13.8. The number of aliphatic imine (C=N–C) groups is 1. The fourth-order valence-electron chi connectivity index (χ4n) is 2.51. The van der Waals surface area contributed by atoms with Crippen LogP contribution in [0, 0.1) is 6.92 Å². The summed E-state index contributed by atoms with van der Waals surface area (Å²) in [6.45, 7) is 2.69. The molecular formula is C15H14BrClN4. The Bertz CT molecular complexity index is 717. The average Bonchev–Trinajstić information content (AvgIpc) is 2.84. The number of nitrogens with zero attached hydrogens (tertiary/aromatic N) is 3. The number of aryl methyl sites for hydroxylation is 1.